The van der Waals surface area contributed by atoms with Gasteiger partial charge in [-0.3, -0.25) is 20.2 Å². The molecule has 1 atom stereocenters. The minimum atomic E-state index is -0.399. The molecule has 1 aliphatic carbocycles. The van der Waals surface area contributed by atoms with E-state index in [2.05, 4.69) is 17.2 Å². The zero-order chi connectivity index (χ0) is 19.7. The Balaban J connectivity index is 1.54. The molecule has 148 valence electrons. The van der Waals surface area contributed by atoms with Crippen molar-refractivity contribution in [2.24, 2.45) is 5.92 Å². The number of hydrogen-bond acceptors (Lipinski definition) is 6. The third-order valence-electron chi connectivity index (χ3n) is 5.54. The topological polar surface area (TPSA) is 88.4 Å². The van der Waals surface area contributed by atoms with E-state index in [4.69, 9.17) is 0 Å². The van der Waals surface area contributed by atoms with Crippen molar-refractivity contribution in [3.8, 4) is 0 Å². The lowest BCUT2D eigenvalue weighted by Crippen LogP contribution is -2.30. The number of nitro groups is 1. The summed E-state index contributed by atoms with van der Waals surface area (Å²) in [6, 6.07) is 4.75. The van der Waals surface area contributed by atoms with Gasteiger partial charge in [0, 0.05) is 29.6 Å². The predicted octanol–water partition coefficient (Wildman–Crippen LogP) is 4.42. The second-order valence-corrected chi connectivity index (χ2v) is 8.78. The van der Waals surface area contributed by atoms with Crippen LogP contribution in [0.3, 0.4) is 0 Å². The Morgan fingerprint density at radius 1 is 1.32 bits per heavy atom. The number of carbonyl (C=O) groups excluding carboxylic acids is 1. The molecule has 1 saturated heterocycles. The molecule has 1 aliphatic heterocycles. The Kier molecular flexibility index (Phi) is 5.30. The quantitative estimate of drug-likeness (QED) is 0.606. The highest BCUT2D eigenvalue weighted by Crippen LogP contribution is 2.34. The zero-order valence-electron chi connectivity index (χ0n) is 15.9. The van der Waals surface area contributed by atoms with Crippen LogP contribution in [0.4, 0.5) is 16.5 Å². The van der Waals surface area contributed by atoms with E-state index in [1.165, 1.54) is 22.3 Å². The first kappa shape index (κ1) is 18.9. The second kappa shape index (κ2) is 7.87. The number of nitrogens with one attached hydrogen (secondary N) is 1. The number of thiazole rings is 1. The van der Waals surface area contributed by atoms with E-state index in [0.717, 1.165) is 57.3 Å². The van der Waals surface area contributed by atoms with Crippen LogP contribution in [0.1, 0.15) is 53.5 Å². The lowest BCUT2D eigenvalue weighted by Gasteiger charge is -2.28. The van der Waals surface area contributed by atoms with Gasteiger partial charge in [0.1, 0.15) is 5.69 Å². The van der Waals surface area contributed by atoms with Crippen molar-refractivity contribution >= 4 is 33.8 Å². The fourth-order valence-electron chi connectivity index (χ4n) is 3.98. The van der Waals surface area contributed by atoms with E-state index in [1.54, 1.807) is 12.1 Å². The van der Waals surface area contributed by atoms with E-state index in [0.29, 0.717) is 16.7 Å². The van der Waals surface area contributed by atoms with E-state index >= 15 is 0 Å². The number of nitro benzene ring substituents is 1. The molecule has 0 bridgehead atoms. The number of rotatable bonds is 4. The molecule has 1 fully saturated rings. The maximum atomic E-state index is 12.7. The standard InChI is InChI=1S/C20H24N4O3S/c1-13-5-7-15-18(11-13)28-20(21-15)22-19(25)14-6-8-16(17(12-14)24(26)27)23-9-3-2-4-10-23/h6,8,12-13H,2-5,7,9-11H2,1H3,(H,21,22,25). The number of fused-ring (bicyclic) bond motifs is 1. The van der Waals surface area contributed by atoms with Gasteiger partial charge in [-0.2, -0.15) is 0 Å². The van der Waals surface area contributed by atoms with Crippen LogP contribution in [-0.2, 0) is 12.8 Å². The van der Waals surface area contributed by atoms with Gasteiger partial charge in [0.15, 0.2) is 5.13 Å². The van der Waals surface area contributed by atoms with Crippen LogP contribution in [0.15, 0.2) is 18.2 Å². The first-order valence-corrected chi connectivity index (χ1v) is 10.7. The van der Waals surface area contributed by atoms with Gasteiger partial charge in [-0.05, 0) is 56.6 Å². The molecule has 1 N–H and O–H groups in total. The Morgan fingerprint density at radius 2 is 2.11 bits per heavy atom. The van der Waals surface area contributed by atoms with Crippen LogP contribution >= 0.6 is 11.3 Å². The van der Waals surface area contributed by atoms with Crippen molar-refractivity contribution in [1.29, 1.82) is 0 Å². The minimum Gasteiger partial charge on any atom is -0.366 e. The van der Waals surface area contributed by atoms with Gasteiger partial charge in [0.2, 0.25) is 0 Å². The second-order valence-electron chi connectivity index (χ2n) is 7.70. The molecule has 0 saturated carbocycles. The van der Waals surface area contributed by atoms with Crippen LogP contribution in [0.25, 0.3) is 0 Å². The van der Waals surface area contributed by atoms with Crippen molar-refractivity contribution in [3.05, 3.63) is 44.4 Å². The first-order chi connectivity index (χ1) is 13.5. The molecule has 2 heterocycles. The van der Waals surface area contributed by atoms with Gasteiger partial charge in [-0.1, -0.05) is 6.92 Å². The molecule has 2 aromatic rings. The lowest BCUT2D eigenvalue weighted by atomic mass is 9.93. The molecule has 4 rings (SSSR count). The number of benzene rings is 1. The van der Waals surface area contributed by atoms with Crippen LogP contribution in [-0.4, -0.2) is 28.9 Å². The number of aromatic nitrogens is 1. The summed E-state index contributed by atoms with van der Waals surface area (Å²) in [5.74, 6) is 0.286. The zero-order valence-corrected chi connectivity index (χ0v) is 16.8. The average molecular weight is 401 g/mol. The number of anilines is 2. The van der Waals surface area contributed by atoms with Crippen LogP contribution in [0.5, 0.6) is 0 Å². The largest absolute Gasteiger partial charge is 0.366 e. The third-order valence-corrected chi connectivity index (χ3v) is 6.57. The van der Waals surface area contributed by atoms with E-state index in [-0.39, 0.29) is 17.2 Å². The third kappa shape index (κ3) is 3.87. The Bertz CT molecular complexity index is 905. The SMILES string of the molecule is CC1CCc2nc(NC(=O)c3ccc(N4CCCCC4)c([N+](=O)[O-])c3)sc2C1. The van der Waals surface area contributed by atoms with Crippen molar-refractivity contribution in [2.45, 2.75) is 45.4 Å². The summed E-state index contributed by atoms with van der Waals surface area (Å²) < 4.78 is 0. The monoisotopic (exact) mass is 400 g/mol. The van der Waals surface area contributed by atoms with Crippen molar-refractivity contribution in [1.82, 2.24) is 4.98 Å². The summed E-state index contributed by atoms with van der Waals surface area (Å²) in [7, 11) is 0. The van der Waals surface area contributed by atoms with Crippen molar-refractivity contribution in [2.75, 3.05) is 23.3 Å². The lowest BCUT2D eigenvalue weighted by molar-refractivity contribution is -0.384. The summed E-state index contributed by atoms with van der Waals surface area (Å²) in [6.07, 6.45) is 6.28. The maximum Gasteiger partial charge on any atom is 0.293 e. The molecular weight excluding hydrogens is 376 g/mol. The van der Waals surface area contributed by atoms with Crippen molar-refractivity contribution in [3.63, 3.8) is 0 Å². The van der Waals surface area contributed by atoms with Gasteiger partial charge >= 0.3 is 0 Å². The summed E-state index contributed by atoms with van der Waals surface area (Å²) in [6.45, 7) is 3.86. The van der Waals surface area contributed by atoms with Gasteiger partial charge in [0.25, 0.3) is 11.6 Å². The van der Waals surface area contributed by atoms with Gasteiger partial charge in [-0.15, -0.1) is 11.3 Å². The first-order valence-electron chi connectivity index (χ1n) is 9.84. The molecule has 28 heavy (non-hydrogen) atoms. The van der Waals surface area contributed by atoms with Crippen molar-refractivity contribution < 1.29 is 9.72 Å². The number of nitrogens with zero attached hydrogens (tertiary/aromatic N) is 3. The Labute approximate surface area is 167 Å². The molecule has 1 unspecified atom stereocenters. The normalized spacial score (nSPS) is 19.2. The number of aryl methyl sites for hydroxylation is 1. The van der Waals surface area contributed by atoms with Crippen LogP contribution in [0.2, 0.25) is 0 Å². The molecular formula is C20H24N4O3S. The van der Waals surface area contributed by atoms with Gasteiger partial charge in [0.05, 0.1) is 10.6 Å². The highest BCUT2D eigenvalue weighted by Gasteiger charge is 2.24. The van der Waals surface area contributed by atoms with Gasteiger partial charge in [-0.25, -0.2) is 4.98 Å². The minimum absolute atomic E-state index is 0.0122. The summed E-state index contributed by atoms with van der Waals surface area (Å²) in [5.41, 5.74) is 1.94. The molecule has 0 radical (unpaired) electrons. The number of hydrogen-bond donors (Lipinski definition) is 1. The average Bonchev–Trinajstić information content (AvgIpc) is 3.09. The van der Waals surface area contributed by atoms with Gasteiger partial charge < -0.3 is 4.90 Å². The highest BCUT2D eigenvalue weighted by molar-refractivity contribution is 7.15. The Morgan fingerprint density at radius 3 is 2.86 bits per heavy atom. The van der Waals surface area contributed by atoms with Crippen LogP contribution in [0, 0.1) is 16.0 Å². The molecule has 1 aromatic carbocycles. The fourth-order valence-corrected chi connectivity index (χ4v) is 5.14. The van der Waals surface area contributed by atoms with Crippen LogP contribution < -0.4 is 10.2 Å². The summed E-state index contributed by atoms with van der Waals surface area (Å²) >= 11 is 1.51. The fraction of sp³-hybridized carbons (Fsp3) is 0.500. The van der Waals surface area contributed by atoms with E-state index in [1.807, 2.05) is 4.90 Å². The number of amides is 1. The van der Waals surface area contributed by atoms with E-state index in [9.17, 15) is 14.9 Å². The summed E-state index contributed by atoms with van der Waals surface area (Å²) in [5, 5.41) is 15.0. The molecule has 8 heteroatoms. The smallest absolute Gasteiger partial charge is 0.293 e. The Hall–Kier alpha value is -2.48. The number of carbonyl (C=O) groups is 1. The molecule has 0 spiro atoms. The van der Waals surface area contributed by atoms with E-state index < -0.39 is 4.92 Å². The predicted molar refractivity (Wildman–Crippen MR) is 110 cm³/mol. The molecule has 2 aliphatic rings. The summed E-state index contributed by atoms with van der Waals surface area (Å²) in [4.78, 5) is 31.7. The molecule has 1 amide bonds. The maximum absolute atomic E-state index is 12.7. The molecule has 1 aromatic heterocycles. The molecule has 7 nitrogen and oxygen atoms in total. The number of piperidine rings is 1. The highest BCUT2D eigenvalue weighted by atomic mass is 32.1.